The average molecular weight is 361 g/mol. The molecule has 2 amide bonds. The first-order chi connectivity index (χ1) is 12.6. The zero-order valence-corrected chi connectivity index (χ0v) is 16.2. The first-order valence-corrected chi connectivity index (χ1v) is 9.54. The van der Waals surface area contributed by atoms with Crippen LogP contribution in [0.1, 0.15) is 32.6 Å². The number of ether oxygens (including phenoxy) is 2. The number of carbonyl (C=O) groups excluding carboxylic acids is 1. The lowest BCUT2D eigenvalue weighted by Gasteiger charge is -2.42. The molecule has 1 atom stereocenters. The molecule has 1 aromatic rings. The summed E-state index contributed by atoms with van der Waals surface area (Å²) >= 11 is 0. The van der Waals surface area contributed by atoms with Gasteiger partial charge in [0.1, 0.15) is 5.75 Å². The van der Waals surface area contributed by atoms with Crippen LogP contribution in [0.2, 0.25) is 0 Å². The van der Waals surface area contributed by atoms with Crippen LogP contribution >= 0.6 is 0 Å². The number of rotatable bonds is 5. The van der Waals surface area contributed by atoms with E-state index in [1.165, 1.54) is 0 Å². The summed E-state index contributed by atoms with van der Waals surface area (Å²) in [7, 11) is 3.41. The van der Waals surface area contributed by atoms with Gasteiger partial charge in [-0.1, -0.05) is 25.0 Å². The Bertz CT molecular complexity index is 616. The van der Waals surface area contributed by atoms with E-state index in [1.54, 1.807) is 14.2 Å². The van der Waals surface area contributed by atoms with Gasteiger partial charge in [-0.15, -0.1) is 0 Å². The highest BCUT2D eigenvalue weighted by Gasteiger charge is 2.38. The summed E-state index contributed by atoms with van der Waals surface area (Å²) < 4.78 is 10.9. The van der Waals surface area contributed by atoms with E-state index in [-0.39, 0.29) is 17.6 Å². The van der Waals surface area contributed by atoms with E-state index in [9.17, 15) is 4.79 Å². The van der Waals surface area contributed by atoms with Crippen LogP contribution < -0.4 is 15.0 Å². The Morgan fingerprint density at radius 3 is 2.62 bits per heavy atom. The van der Waals surface area contributed by atoms with Crippen LogP contribution in [0.3, 0.4) is 0 Å². The molecule has 3 rings (SSSR count). The number of urea groups is 1. The van der Waals surface area contributed by atoms with Gasteiger partial charge in [-0.05, 0) is 31.9 Å². The lowest BCUT2D eigenvalue weighted by atomic mass is 9.99. The van der Waals surface area contributed by atoms with Crippen LogP contribution in [0.15, 0.2) is 24.3 Å². The molecule has 1 aromatic carbocycles. The molecule has 2 aliphatic rings. The van der Waals surface area contributed by atoms with Gasteiger partial charge in [0.05, 0.1) is 24.9 Å². The van der Waals surface area contributed by atoms with E-state index in [4.69, 9.17) is 9.47 Å². The number of carbonyl (C=O) groups is 1. The predicted octanol–water partition coefficient (Wildman–Crippen LogP) is 2.87. The first-order valence-electron chi connectivity index (χ1n) is 9.54. The number of hydrogen-bond donors (Lipinski definition) is 1. The van der Waals surface area contributed by atoms with Crippen LogP contribution in [-0.4, -0.2) is 63.0 Å². The van der Waals surface area contributed by atoms with Crippen molar-refractivity contribution in [2.45, 2.75) is 44.2 Å². The molecule has 1 aliphatic carbocycles. The smallest absolute Gasteiger partial charge is 0.318 e. The van der Waals surface area contributed by atoms with E-state index in [2.05, 4.69) is 23.2 Å². The van der Waals surface area contributed by atoms with Crippen LogP contribution in [-0.2, 0) is 4.74 Å². The molecule has 26 heavy (non-hydrogen) atoms. The average Bonchev–Trinajstić information content (AvgIpc) is 3.09. The molecule has 1 heterocycles. The number of piperazine rings is 1. The van der Waals surface area contributed by atoms with Crippen molar-refractivity contribution in [3.63, 3.8) is 0 Å². The summed E-state index contributed by atoms with van der Waals surface area (Å²) in [4.78, 5) is 17.2. The maximum atomic E-state index is 12.9. The Morgan fingerprint density at radius 1 is 1.23 bits per heavy atom. The molecule has 0 radical (unpaired) electrons. The van der Waals surface area contributed by atoms with E-state index < -0.39 is 0 Å². The number of hydrogen-bond acceptors (Lipinski definition) is 4. The van der Waals surface area contributed by atoms with Gasteiger partial charge in [0.2, 0.25) is 0 Å². The second kappa shape index (κ2) is 8.16. The number of nitrogens with one attached hydrogen (secondary N) is 1. The van der Waals surface area contributed by atoms with Gasteiger partial charge >= 0.3 is 6.03 Å². The zero-order valence-electron chi connectivity index (χ0n) is 16.2. The summed E-state index contributed by atoms with van der Waals surface area (Å²) in [6.07, 6.45) is 4.31. The number of anilines is 1. The minimum Gasteiger partial charge on any atom is -0.495 e. The summed E-state index contributed by atoms with van der Waals surface area (Å²) in [5.74, 6) is 0.877. The summed E-state index contributed by atoms with van der Waals surface area (Å²) in [6, 6.07) is 8.23. The SMILES string of the molecule is COCC1(NC(=O)N2CCN(c3ccccc3OC)C[C@@H]2C)CCCC1. The lowest BCUT2D eigenvalue weighted by Crippen LogP contribution is -2.61. The Balaban J connectivity index is 1.64. The van der Waals surface area contributed by atoms with Crippen molar-refractivity contribution >= 4 is 11.7 Å². The van der Waals surface area contributed by atoms with Gasteiger partial charge in [0.25, 0.3) is 0 Å². The molecule has 0 spiro atoms. The van der Waals surface area contributed by atoms with Gasteiger partial charge in [-0.25, -0.2) is 4.79 Å². The van der Waals surface area contributed by atoms with Crippen LogP contribution in [0.25, 0.3) is 0 Å². The Hall–Kier alpha value is -1.95. The number of para-hydroxylation sites is 2. The minimum atomic E-state index is -0.189. The third-order valence-corrected chi connectivity index (χ3v) is 5.67. The quantitative estimate of drug-likeness (QED) is 0.876. The standard InChI is InChI=1S/C20H31N3O3/c1-16-14-22(17-8-4-5-9-18(17)26-3)12-13-23(16)19(24)21-20(15-25-2)10-6-7-11-20/h4-5,8-9,16H,6-7,10-15H2,1-3H3,(H,21,24)/t16-/m0/s1. The third kappa shape index (κ3) is 3.90. The van der Waals surface area contributed by atoms with Gasteiger partial charge in [-0.3, -0.25) is 0 Å². The number of amides is 2. The molecule has 0 aromatic heterocycles. The molecule has 6 nitrogen and oxygen atoms in total. The first kappa shape index (κ1) is 18.8. The molecule has 1 aliphatic heterocycles. The Morgan fingerprint density at radius 2 is 1.96 bits per heavy atom. The van der Waals surface area contributed by atoms with Crippen molar-refractivity contribution in [1.29, 1.82) is 0 Å². The van der Waals surface area contributed by atoms with Crippen molar-refractivity contribution in [3.05, 3.63) is 24.3 Å². The molecule has 1 saturated carbocycles. The van der Waals surface area contributed by atoms with Gasteiger partial charge in [0, 0.05) is 32.8 Å². The maximum absolute atomic E-state index is 12.9. The normalized spacial score (nSPS) is 22.3. The fraction of sp³-hybridized carbons (Fsp3) is 0.650. The molecule has 0 bridgehead atoms. The molecule has 2 fully saturated rings. The summed E-state index contributed by atoms with van der Waals surface area (Å²) in [5.41, 5.74) is 0.902. The fourth-order valence-electron chi connectivity index (χ4n) is 4.30. The summed E-state index contributed by atoms with van der Waals surface area (Å²) in [6.45, 7) is 5.00. The minimum absolute atomic E-state index is 0.0381. The summed E-state index contributed by atoms with van der Waals surface area (Å²) in [5, 5.41) is 3.29. The molecule has 6 heteroatoms. The molecular formula is C20H31N3O3. The molecular weight excluding hydrogens is 330 g/mol. The van der Waals surface area contributed by atoms with E-state index in [0.29, 0.717) is 13.2 Å². The fourth-order valence-corrected chi connectivity index (χ4v) is 4.30. The molecule has 0 unspecified atom stereocenters. The number of methoxy groups -OCH3 is 2. The molecule has 144 valence electrons. The van der Waals surface area contributed by atoms with Crippen molar-refractivity contribution in [2.75, 3.05) is 45.4 Å². The van der Waals surface area contributed by atoms with Gasteiger partial charge < -0.3 is 24.6 Å². The van der Waals surface area contributed by atoms with Crippen molar-refractivity contribution in [3.8, 4) is 5.75 Å². The largest absolute Gasteiger partial charge is 0.495 e. The van der Waals surface area contributed by atoms with Gasteiger partial charge in [-0.2, -0.15) is 0 Å². The highest BCUT2D eigenvalue weighted by Crippen LogP contribution is 2.31. The number of benzene rings is 1. The molecule has 1 saturated heterocycles. The highest BCUT2D eigenvalue weighted by molar-refractivity contribution is 5.76. The zero-order chi connectivity index (χ0) is 18.6. The van der Waals surface area contributed by atoms with E-state index in [0.717, 1.165) is 50.2 Å². The number of nitrogens with zero attached hydrogens (tertiary/aromatic N) is 2. The van der Waals surface area contributed by atoms with E-state index in [1.807, 2.05) is 23.1 Å². The van der Waals surface area contributed by atoms with Gasteiger partial charge in [0.15, 0.2) is 0 Å². The molecule has 1 N–H and O–H groups in total. The van der Waals surface area contributed by atoms with Crippen molar-refractivity contribution in [2.24, 2.45) is 0 Å². The predicted molar refractivity (Wildman–Crippen MR) is 103 cm³/mol. The van der Waals surface area contributed by atoms with Crippen LogP contribution in [0.5, 0.6) is 5.75 Å². The second-order valence-electron chi connectivity index (χ2n) is 7.51. The van der Waals surface area contributed by atoms with E-state index >= 15 is 0 Å². The topological polar surface area (TPSA) is 54.0 Å². The monoisotopic (exact) mass is 361 g/mol. The second-order valence-corrected chi connectivity index (χ2v) is 7.51. The Kier molecular flexibility index (Phi) is 5.91. The maximum Gasteiger partial charge on any atom is 0.318 e. The lowest BCUT2D eigenvalue weighted by molar-refractivity contribution is 0.103. The Labute approximate surface area is 156 Å². The third-order valence-electron chi connectivity index (χ3n) is 5.67. The highest BCUT2D eigenvalue weighted by atomic mass is 16.5. The van der Waals surface area contributed by atoms with Crippen molar-refractivity contribution < 1.29 is 14.3 Å². The van der Waals surface area contributed by atoms with Crippen LogP contribution in [0.4, 0.5) is 10.5 Å². The van der Waals surface area contributed by atoms with Crippen LogP contribution in [0, 0.1) is 0 Å². The van der Waals surface area contributed by atoms with Crippen molar-refractivity contribution in [1.82, 2.24) is 10.2 Å².